The molecule has 2 heterocycles. The van der Waals surface area contributed by atoms with E-state index in [-0.39, 0.29) is 18.1 Å². The Kier molecular flexibility index (Phi) is 5.79. The zero-order chi connectivity index (χ0) is 17.6. The summed E-state index contributed by atoms with van der Waals surface area (Å²) in [6.45, 7) is 5.79. The second-order valence-corrected chi connectivity index (χ2v) is 6.39. The fourth-order valence-corrected chi connectivity index (χ4v) is 2.95. The van der Waals surface area contributed by atoms with Gasteiger partial charge in [-0.3, -0.25) is 9.78 Å². The average Bonchev–Trinajstić information content (AvgIpc) is 3.14. The Morgan fingerprint density at radius 2 is 2.24 bits per heavy atom. The van der Waals surface area contributed by atoms with Gasteiger partial charge in [-0.15, -0.1) is 0 Å². The van der Waals surface area contributed by atoms with Crippen molar-refractivity contribution in [1.29, 1.82) is 0 Å². The summed E-state index contributed by atoms with van der Waals surface area (Å²) in [5.41, 5.74) is 3.43. The molecule has 0 saturated carbocycles. The van der Waals surface area contributed by atoms with Crippen molar-refractivity contribution in [2.75, 3.05) is 19.8 Å². The van der Waals surface area contributed by atoms with Gasteiger partial charge in [-0.25, -0.2) is 0 Å². The zero-order valence-corrected chi connectivity index (χ0v) is 14.7. The molecule has 25 heavy (non-hydrogen) atoms. The van der Waals surface area contributed by atoms with Crippen LogP contribution in [0, 0.1) is 6.92 Å². The molecule has 1 aliphatic rings. The van der Waals surface area contributed by atoms with Crippen molar-refractivity contribution in [3.63, 3.8) is 0 Å². The van der Waals surface area contributed by atoms with Crippen LogP contribution in [0.15, 0.2) is 42.6 Å². The first-order chi connectivity index (χ1) is 12.1. The molecule has 132 valence electrons. The molecule has 0 spiro atoms. The van der Waals surface area contributed by atoms with Crippen LogP contribution in [-0.2, 0) is 9.47 Å². The number of nitrogens with zero attached hydrogens (tertiary/aromatic N) is 1. The summed E-state index contributed by atoms with van der Waals surface area (Å²) in [6, 6.07) is 11.4. The number of carbonyl (C=O) groups is 1. The molecule has 2 aromatic rings. The van der Waals surface area contributed by atoms with Crippen LogP contribution in [0.1, 0.15) is 29.3 Å². The minimum atomic E-state index is -0.0888. The van der Waals surface area contributed by atoms with Crippen molar-refractivity contribution in [3.8, 4) is 11.3 Å². The van der Waals surface area contributed by atoms with Crippen molar-refractivity contribution in [1.82, 2.24) is 10.3 Å². The van der Waals surface area contributed by atoms with E-state index in [4.69, 9.17) is 9.47 Å². The quantitative estimate of drug-likeness (QED) is 0.878. The number of hydrogen-bond acceptors (Lipinski definition) is 4. The van der Waals surface area contributed by atoms with Crippen LogP contribution >= 0.6 is 0 Å². The highest BCUT2D eigenvalue weighted by atomic mass is 16.5. The van der Waals surface area contributed by atoms with Gasteiger partial charge in [0, 0.05) is 30.0 Å². The fraction of sp³-hybridized carbons (Fsp3) is 0.400. The van der Waals surface area contributed by atoms with Gasteiger partial charge in [0.1, 0.15) is 0 Å². The number of rotatable bonds is 6. The highest BCUT2D eigenvalue weighted by Gasteiger charge is 2.19. The lowest BCUT2D eigenvalue weighted by molar-refractivity contribution is 0.0318. The Morgan fingerprint density at radius 1 is 1.36 bits per heavy atom. The van der Waals surface area contributed by atoms with E-state index in [0.29, 0.717) is 18.8 Å². The first-order valence-electron chi connectivity index (χ1n) is 8.66. The molecule has 1 amide bonds. The normalized spacial score (nSPS) is 18.1. The summed E-state index contributed by atoms with van der Waals surface area (Å²) in [4.78, 5) is 17.0. The van der Waals surface area contributed by atoms with Crippen LogP contribution in [0.4, 0.5) is 0 Å². The van der Waals surface area contributed by atoms with Crippen molar-refractivity contribution in [2.45, 2.75) is 32.4 Å². The van der Waals surface area contributed by atoms with Crippen LogP contribution in [0.3, 0.4) is 0 Å². The molecule has 0 bridgehead atoms. The van der Waals surface area contributed by atoms with Crippen LogP contribution in [0.2, 0.25) is 0 Å². The summed E-state index contributed by atoms with van der Waals surface area (Å²) in [7, 11) is 0. The van der Waals surface area contributed by atoms with Crippen LogP contribution < -0.4 is 5.32 Å². The van der Waals surface area contributed by atoms with Gasteiger partial charge in [-0.05, 0) is 44.0 Å². The summed E-state index contributed by atoms with van der Waals surface area (Å²) in [5, 5.41) is 3.01. The summed E-state index contributed by atoms with van der Waals surface area (Å²) in [5.74, 6) is -0.0888. The number of hydrogen-bond donors (Lipinski definition) is 1. The van der Waals surface area contributed by atoms with Gasteiger partial charge in [0.2, 0.25) is 0 Å². The third-order valence-corrected chi connectivity index (χ3v) is 4.37. The van der Waals surface area contributed by atoms with Gasteiger partial charge in [0.25, 0.3) is 5.91 Å². The van der Waals surface area contributed by atoms with Gasteiger partial charge in [-0.2, -0.15) is 0 Å². The maximum atomic E-state index is 12.6. The topological polar surface area (TPSA) is 60.5 Å². The molecule has 1 aromatic carbocycles. The lowest BCUT2D eigenvalue weighted by Crippen LogP contribution is -2.37. The number of carbonyl (C=O) groups excluding carboxylic acids is 1. The molecular weight excluding hydrogens is 316 g/mol. The predicted molar refractivity (Wildman–Crippen MR) is 96.5 cm³/mol. The maximum Gasteiger partial charge on any atom is 0.251 e. The molecule has 5 nitrogen and oxygen atoms in total. The second-order valence-electron chi connectivity index (χ2n) is 6.39. The monoisotopic (exact) mass is 340 g/mol. The van der Waals surface area contributed by atoms with Crippen molar-refractivity contribution in [2.24, 2.45) is 0 Å². The predicted octanol–water partition coefficient (Wildman–Crippen LogP) is 2.98. The second kappa shape index (κ2) is 8.23. The lowest BCUT2D eigenvalue weighted by atomic mass is 9.99. The first kappa shape index (κ1) is 17.6. The van der Waals surface area contributed by atoms with Crippen molar-refractivity contribution in [3.05, 3.63) is 53.7 Å². The largest absolute Gasteiger partial charge is 0.379 e. The van der Waals surface area contributed by atoms with E-state index in [1.54, 1.807) is 6.20 Å². The standard InChI is InChI=1S/C20H24N2O3/c1-14(12-25-16-9-11-24-13-16)22-20(23)18-7-5-6-17(15(18)2)19-8-3-4-10-21-19/h3-8,10,14,16H,9,11-13H2,1-2H3,(H,22,23)/t14-,16-/m1/s1. The Hall–Kier alpha value is -2.24. The van der Waals surface area contributed by atoms with Crippen LogP contribution in [-0.4, -0.2) is 42.9 Å². The highest BCUT2D eigenvalue weighted by Crippen LogP contribution is 2.23. The Labute approximate surface area is 148 Å². The number of nitrogens with one attached hydrogen (secondary N) is 1. The Balaban J connectivity index is 1.65. The molecule has 3 rings (SSSR count). The van der Waals surface area contributed by atoms with Gasteiger partial charge in [0.05, 0.1) is 25.0 Å². The summed E-state index contributed by atoms with van der Waals surface area (Å²) < 4.78 is 11.1. The smallest absolute Gasteiger partial charge is 0.251 e. The average molecular weight is 340 g/mol. The molecule has 1 saturated heterocycles. The van der Waals surface area contributed by atoms with Gasteiger partial charge >= 0.3 is 0 Å². The van der Waals surface area contributed by atoms with E-state index in [0.717, 1.165) is 29.8 Å². The van der Waals surface area contributed by atoms with Crippen molar-refractivity contribution < 1.29 is 14.3 Å². The fourth-order valence-electron chi connectivity index (χ4n) is 2.95. The third kappa shape index (κ3) is 4.44. The van der Waals surface area contributed by atoms with Gasteiger partial charge in [-0.1, -0.05) is 18.2 Å². The molecule has 1 aromatic heterocycles. The molecule has 0 radical (unpaired) electrons. The van der Waals surface area contributed by atoms with E-state index in [2.05, 4.69) is 10.3 Å². The number of aromatic nitrogens is 1. The molecule has 0 unspecified atom stereocenters. The van der Waals surface area contributed by atoms with E-state index >= 15 is 0 Å². The zero-order valence-electron chi connectivity index (χ0n) is 14.7. The molecule has 5 heteroatoms. The summed E-state index contributed by atoms with van der Waals surface area (Å²) >= 11 is 0. The third-order valence-electron chi connectivity index (χ3n) is 4.37. The highest BCUT2D eigenvalue weighted by molar-refractivity contribution is 5.97. The summed E-state index contributed by atoms with van der Waals surface area (Å²) in [6.07, 6.45) is 2.83. The molecule has 1 fully saturated rings. The number of benzene rings is 1. The van der Waals surface area contributed by atoms with Crippen molar-refractivity contribution >= 4 is 5.91 Å². The van der Waals surface area contributed by atoms with Crippen LogP contribution in [0.25, 0.3) is 11.3 Å². The molecule has 1 N–H and O–H groups in total. The number of ether oxygens (including phenoxy) is 2. The first-order valence-corrected chi connectivity index (χ1v) is 8.66. The number of amides is 1. The Bertz CT molecular complexity index is 712. The minimum Gasteiger partial charge on any atom is -0.379 e. The lowest BCUT2D eigenvalue weighted by Gasteiger charge is -2.18. The van der Waals surface area contributed by atoms with E-state index in [1.807, 2.05) is 50.2 Å². The van der Waals surface area contributed by atoms with Crippen LogP contribution in [0.5, 0.6) is 0 Å². The van der Waals surface area contributed by atoms with E-state index in [9.17, 15) is 4.79 Å². The van der Waals surface area contributed by atoms with E-state index < -0.39 is 0 Å². The van der Waals surface area contributed by atoms with Gasteiger partial charge < -0.3 is 14.8 Å². The Morgan fingerprint density at radius 3 is 2.96 bits per heavy atom. The SMILES string of the molecule is Cc1c(C(=O)N[C@H](C)CO[C@@H]2CCOC2)cccc1-c1ccccn1. The molecule has 1 aliphatic heterocycles. The molecule has 2 atom stereocenters. The molecular formula is C20H24N2O3. The van der Waals surface area contributed by atoms with Gasteiger partial charge in [0.15, 0.2) is 0 Å². The van der Waals surface area contributed by atoms with E-state index in [1.165, 1.54) is 0 Å². The maximum absolute atomic E-state index is 12.6. The molecule has 0 aliphatic carbocycles. The number of pyridine rings is 1. The minimum absolute atomic E-state index is 0.0639.